The molecule has 0 aromatic heterocycles. The summed E-state index contributed by atoms with van der Waals surface area (Å²) in [5, 5.41) is 3.10. The zero-order valence-electron chi connectivity index (χ0n) is 10.4. The van der Waals surface area contributed by atoms with Crippen molar-refractivity contribution >= 4 is 15.8 Å². The van der Waals surface area contributed by atoms with Crippen molar-refractivity contribution in [3.63, 3.8) is 0 Å². The van der Waals surface area contributed by atoms with E-state index in [1.54, 1.807) is 0 Å². The molecule has 0 amide bonds. The van der Waals surface area contributed by atoms with Crippen LogP contribution in [-0.4, -0.2) is 44.6 Å². The smallest absolute Gasteiger partial charge is 0.311 e. The summed E-state index contributed by atoms with van der Waals surface area (Å²) in [6.07, 6.45) is 0. The van der Waals surface area contributed by atoms with Crippen LogP contribution in [0.25, 0.3) is 0 Å². The van der Waals surface area contributed by atoms with Crippen molar-refractivity contribution in [2.45, 2.75) is 26.4 Å². The number of nitrogens with one attached hydrogen (secondary N) is 1. The van der Waals surface area contributed by atoms with Gasteiger partial charge < -0.3 is 10.1 Å². The first-order chi connectivity index (χ1) is 7.64. The van der Waals surface area contributed by atoms with Crippen LogP contribution in [0.15, 0.2) is 0 Å². The highest BCUT2D eigenvalue weighted by atomic mass is 32.2. The van der Waals surface area contributed by atoms with Crippen LogP contribution in [0, 0.1) is 11.3 Å². The van der Waals surface area contributed by atoms with Crippen molar-refractivity contribution in [1.82, 2.24) is 5.32 Å². The van der Waals surface area contributed by atoms with Gasteiger partial charge in [0.15, 0.2) is 9.84 Å². The van der Waals surface area contributed by atoms with Gasteiger partial charge in [-0.05, 0) is 20.8 Å². The van der Waals surface area contributed by atoms with Crippen molar-refractivity contribution in [2.75, 3.05) is 24.6 Å². The van der Waals surface area contributed by atoms with Crippen LogP contribution in [0.4, 0.5) is 0 Å². The van der Waals surface area contributed by atoms with Gasteiger partial charge in [-0.3, -0.25) is 4.79 Å². The molecule has 0 aliphatic carbocycles. The van der Waals surface area contributed by atoms with Crippen LogP contribution in [0.3, 0.4) is 0 Å². The Bertz CT molecular complexity index is 423. The van der Waals surface area contributed by atoms with E-state index in [1.807, 2.05) is 20.8 Å². The van der Waals surface area contributed by atoms with Gasteiger partial charge in [0.25, 0.3) is 0 Å². The largest absolute Gasteiger partial charge is 0.460 e. The maximum Gasteiger partial charge on any atom is 0.311 e. The monoisotopic (exact) mass is 261 g/mol. The van der Waals surface area contributed by atoms with Gasteiger partial charge >= 0.3 is 5.97 Å². The number of sulfone groups is 1. The summed E-state index contributed by atoms with van der Waals surface area (Å²) >= 11 is 0. The fourth-order valence-corrected chi connectivity index (χ4v) is 4.92. The van der Waals surface area contributed by atoms with Crippen LogP contribution < -0.4 is 5.32 Å². The fourth-order valence-electron chi connectivity index (χ4n) is 2.65. The third kappa shape index (κ3) is 2.47. The molecule has 2 fully saturated rings. The molecule has 0 radical (unpaired) electrons. The molecule has 0 aromatic carbocycles. The van der Waals surface area contributed by atoms with E-state index in [4.69, 9.17) is 4.74 Å². The Hall–Kier alpha value is -0.620. The highest BCUT2D eigenvalue weighted by Crippen LogP contribution is 2.43. The highest BCUT2D eigenvalue weighted by Gasteiger charge is 2.58. The minimum absolute atomic E-state index is 0.108. The molecule has 1 unspecified atom stereocenters. The molecule has 0 aromatic rings. The van der Waals surface area contributed by atoms with Gasteiger partial charge in [-0.2, -0.15) is 0 Å². The minimum Gasteiger partial charge on any atom is -0.460 e. The SMILES string of the molecule is CC(C)(C)OC(=O)C1CNCC12CS(=O)(=O)C2. The molecule has 1 atom stereocenters. The van der Waals surface area contributed by atoms with Crippen molar-refractivity contribution in [3.8, 4) is 0 Å². The highest BCUT2D eigenvalue weighted by molar-refractivity contribution is 7.92. The maximum absolute atomic E-state index is 12.0. The topological polar surface area (TPSA) is 72.5 Å². The van der Waals surface area contributed by atoms with Crippen LogP contribution in [0.5, 0.6) is 0 Å². The molecule has 17 heavy (non-hydrogen) atoms. The van der Waals surface area contributed by atoms with E-state index in [-0.39, 0.29) is 23.4 Å². The van der Waals surface area contributed by atoms with Crippen molar-refractivity contribution < 1.29 is 17.9 Å². The lowest BCUT2D eigenvalue weighted by Crippen LogP contribution is -2.56. The van der Waals surface area contributed by atoms with Gasteiger partial charge in [0, 0.05) is 18.5 Å². The molecule has 0 saturated carbocycles. The number of hydrogen-bond donors (Lipinski definition) is 1. The van der Waals surface area contributed by atoms with Crippen LogP contribution in [0.2, 0.25) is 0 Å². The van der Waals surface area contributed by atoms with E-state index in [2.05, 4.69) is 5.32 Å². The molecule has 2 rings (SSSR count). The van der Waals surface area contributed by atoms with Gasteiger partial charge in [-0.15, -0.1) is 0 Å². The Morgan fingerprint density at radius 2 is 1.94 bits per heavy atom. The molecule has 5 nitrogen and oxygen atoms in total. The molecular weight excluding hydrogens is 242 g/mol. The number of rotatable bonds is 1. The van der Waals surface area contributed by atoms with Gasteiger partial charge in [-0.25, -0.2) is 8.42 Å². The number of carbonyl (C=O) groups is 1. The molecule has 98 valence electrons. The Kier molecular flexibility index (Phi) is 2.78. The summed E-state index contributed by atoms with van der Waals surface area (Å²) < 4.78 is 28.0. The minimum atomic E-state index is -2.93. The Labute approximate surface area is 102 Å². The van der Waals surface area contributed by atoms with Crippen LogP contribution in [0.1, 0.15) is 20.8 Å². The summed E-state index contributed by atoms with van der Waals surface area (Å²) in [4.78, 5) is 12.0. The van der Waals surface area contributed by atoms with Crippen LogP contribution >= 0.6 is 0 Å². The average molecular weight is 261 g/mol. The zero-order valence-corrected chi connectivity index (χ0v) is 11.3. The third-order valence-electron chi connectivity index (χ3n) is 3.27. The molecule has 0 bridgehead atoms. The summed E-state index contributed by atoms with van der Waals surface area (Å²) in [5.74, 6) is -0.393. The first kappa shape index (κ1) is 12.8. The number of carbonyl (C=O) groups excluding carboxylic acids is 1. The molecular formula is C11H19NO4S. The third-order valence-corrected chi connectivity index (χ3v) is 5.30. The second-order valence-corrected chi connectivity index (χ2v) is 8.18. The van der Waals surface area contributed by atoms with Gasteiger partial charge in [0.05, 0.1) is 17.4 Å². The van der Waals surface area contributed by atoms with Gasteiger partial charge in [0.2, 0.25) is 0 Å². The summed E-state index contributed by atoms with van der Waals surface area (Å²) in [6.45, 7) is 6.56. The molecule has 2 aliphatic rings. The summed E-state index contributed by atoms with van der Waals surface area (Å²) in [7, 11) is -2.93. The lowest BCUT2D eigenvalue weighted by Gasteiger charge is -2.41. The molecule has 1 spiro atoms. The number of esters is 1. The predicted octanol–water partition coefficient (Wildman–Crippen LogP) is -0.0377. The van der Waals surface area contributed by atoms with Crippen LogP contribution in [-0.2, 0) is 19.4 Å². The second-order valence-electron chi connectivity index (χ2n) is 6.11. The standard InChI is InChI=1S/C11H19NO4S/c1-10(2,3)16-9(13)8-4-12-5-11(8)6-17(14,15)7-11/h8,12H,4-7H2,1-3H3. The average Bonchev–Trinajstić information content (AvgIpc) is 2.42. The Balaban J connectivity index is 2.09. The lowest BCUT2D eigenvalue weighted by atomic mass is 9.80. The zero-order chi connectivity index (χ0) is 12.9. The quantitative estimate of drug-likeness (QED) is 0.671. The van der Waals surface area contributed by atoms with Crippen molar-refractivity contribution in [2.24, 2.45) is 11.3 Å². The summed E-state index contributed by atoms with van der Waals surface area (Å²) in [5.41, 5.74) is -0.940. The first-order valence-corrected chi connectivity index (χ1v) is 7.60. The Morgan fingerprint density at radius 3 is 2.41 bits per heavy atom. The molecule has 6 heteroatoms. The van der Waals surface area contributed by atoms with E-state index in [0.29, 0.717) is 13.1 Å². The van der Waals surface area contributed by atoms with Crippen molar-refractivity contribution in [1.29, 1.82) is 0 Å². The maximum atomic E-state index is 12.0. The molecule has 2 aliphatic heterocycles. The van der Waals surface area contributed by atoms with E-state index >= 15 is 0 Å². The molecule has 2 heterocycles. The van der Waals surface area contributed by atoms with E-state index in [0.717, 1.165) is 0 Å². The first-order valence-electron chi connectivity index (χ1n) is 5.78. The van der Waals surface area contributed by atoms with E-state index < -0.39 is 20.9 Å². The van der Waals surface area contributed by atoms with Gasteiger partial charge in [0.1, 0.15) is 5.60 Å². The Morgan fingerprint density at radius 1 is 1.35 bits per heavy atom. The lowest BCUT2D eigenvalue weighted by molar-refractivity contribution is -0.162. The molecule has 2 saturated heterocycles. The van der Waals surface area contributed by atoms with Crippen molar-refractivity contribution in [3.05, 3.63) is 0 Å². The predicted molar refractivity (Wildman–Crippen MR) is 63.3 cm³/mol. The van der Waals surface area contributed by atoms with Gasteiger partial charge in [-0.1, -0.05) is 0 Å². The fraction of sp³-hybridized carbons (Fsp3) is 0.909. The molecule has 1 N–H and O–H groups in total. The van der Waals surface area contributed by atoms with E-state index in [1.165, 1.54) is 0 Å². The number of hydrogen-bond acceptors (Lipinski definition) is 5. The normalized spacial score (nSPS) is 29.9. The second kappa shape index (κ2) is 3.68. The summed E-state index contributed by atoms with van der Waals surface area (Å²) in [6, 6.07) is 0. The van der Waals surface area contributed by atoms with E-state index in [9.17, 15) is 13.2 Å². The number of ether oxygens (including phenoxy) is 1.